The van der Waals surface area contributed by atoms with Crippen molar-refractivity contribution in [2.24, 2.45) is 5.11 Å². The Morgan fingerprint density at radius 2 is 2.43 bits per heavy atom. The van der Waals surface area contributed by atoms with Crippen LogP contribution in [0.5, 0.6) is 0 Å². The van der Waals surface area contributed by atoms with Gasteiger partial charge in [0.2, 0.25) is 0 Å². The first-order chi connectivity index (χ1) is 3.31. The van der Waals surface area contributed by atoms with E-state index >= 15 is 0 Å². The molecule has 3 nitrogen and oxygen atoms in total. The van der Waals surface area contributed by atoms with Crippen LogP contribution in [0.15, 0.2) is 16.9 Å². The maximum Gasteiger partial charge on any atom is 0.00768 e. The summed E-state index contributed by atoms with van der Waals surface area (Å²) in [5.74, 6) is 0. The molecule has 0 saturated carbocycles. The van der Waals surface area contributed by atoms with Gasteiger partial charge >= 0.3 is 0 Å². The Bertz CT molecular complexity index is 119. The average Bonchev–Trinajstić information content (AvgIpc) is 1.68. The molecule has 0 aliphatic rings. The van der Waals surface area contributed by atoms with Crippen LogP contribution in [0.2, 0.25) is 0 Å². The van der Waals surface area contributed by atoms with Gasteiger partial charge in [-0.15, -0.1) is 0 Å². The molecule has 0 spiro atoms. The summed E-state index contributed by atoms with van der Waals surface area (Å²) < 4.78 is 0. The van der Waals surface area contributed by atoms with Gasteiger partial charge in [-0.3, -0.25) is 0 Å². The van der Waals surface area contributed by atoms with Crippen LogP contribution in [0.3, 0.4) is 0 Å². The number of hydrogen-bond acceptors (Lipinski definition) is 1. The summed E-state index contributed by atoms with van der Waals surface area (Å²) in [6.45, 7) is 3.57. The number of allylic oxidation sites excluding steroid dienone is 2. The molecule has 3 heteroatoms. The van der Waals surface area contributed by atoms with Crippen LogP contribution < -0.4 is 0 Å². The van der Waals surface area contributed by atoms with Gasteiger partial charge in [0, 0.05) is 10.6 Å². The van der Waals surface area contributed by atoms with Crippen molar-refractivity contribution in [1.29, 1.82) is 0 Å². The van der Waals surface area contributed by atoms with E-state index in [1.54, 1.807) is 13.0 Å². The van der Waals surface area contributed by atoms with Crippen LogP contribution in [-0.4, -0.2) is 0 Å². The van der Waals surface area contributed by atoms with Crippen molar-refractivity contribution in [2.75, 3.05) is 0 Å². The van der Waals surface area contributed by atoms with Crippen molar-refractivity contribution < 1.29 is 0 Å². The van der Waals surface area contributed by atoms with Gasteiger partial charge in [-0.25, -0.2) is 0 Å². The van der Waals surface area contributed by atoms with E-state index in [4.69, 9.17) is 5.53 Å². The number of nitrogens with zero attached hydrogens (tertiary/aromatic N) is 3. The Balaban J connectivity index is 3.82. The summed E-state index contributed by atoms with van der Waals surface area (Å²) in [6, 6.07) is 0. The summed E-state index contributed by atoms with van der Waals surface area (Å²) in [7, 11) is 0. The second-order valence-corrected chi connectivity index (χ2v) is 1.12. The van der Waals surface area contributed by atoms with E-state index in [1.165, 1.54) is 0 Å². The van der Waals surface area contributed by atoms with Crippen LogP contribution in [0.1, 0.15) is 13.8 Å². The van der Waals surface area contributed by atoms with Crippen molar-refractivity contribution in [3.63, 3.8) is 0 Å². The topological polar surface area (TPSA) is 48.8 Å². The molecule has 7 heavy (non-hydrogen) atoms. The zero-order chi connectivity index (χ0) is 5.70. The third-order valence-electron chi connectivity index (χ3n) is 0.620. The first kappa shape index (κ1) is 6.05. The fraction of sp³-hybridized carbons (Fsp3) is 0.500. The lowest BCUT2D eigenvalue weighted by Crippen LogP contribution is -1.57. The Morgan fingerprint density at radius 3 is 2.57 bits per heavy atom. The second kappa shape index (κ2) is 3.25. The zero-order valence-electron chi connectivity index (χ0n) is 4.42. The highest BCUT2D eigenvalue weighted by atomic mass is 15.1. The van der Waals surface area contributed by atoms with Crippen molar-refractivity contribution in [1.82, 2.24) is 0 Å². The van der Waals surface area contributed by atoms with Crippen LogP contribution in [0.25, 0.3) is 10.4 Å². The van der Waals surface area contributed by atoms with Gasteiger partial charge in [-0.2, -0.15) is 0 Å². The van der Waals surface area contributed by atoms with Crippen molar-refractivity contribution in [3.05, 3.63) is 22.2 Å². The third kappa shape index (κ3) is 2.86. The van der Waals surface area contributed by atoms with Gasteiger partial charge in [0.05, 0.1) is 0 Å². The molecule has 0 aromatic carbocycles. The molecule has 0 amide bonds. The lowest BCUT2D eigenvalue weighted by molar-refractivity contribution is 1.26. The monoisotopic (exact) mass is 97.1 g/mol. The maximum atomic E-state index is 7.79. The fourth-order valence-electron chi connectivity index (χ4n) is 0.128. The van der Waals surface area contributed by atoms with E-state index in [-0.39, 0.29) is 0 Å². The Kier molecular flexibility index (Phi) is 2.81. The first-order valence-electron chi connectivity index (χ1n) is 1.99. The van der Waals surface area contributed by atoms with Gasteiger partial charge in [0.1, 0.15) is 0 Å². The molecule has 38 valence electrons. The molecular weight excluding hydrogens is 90.1 g/mol. The minimum absolute atomic E-state index is 0.711. The highest BCUT2D eigenvalue weighted by molar-refractivity contribution is 4.92. The summed E-state index contributed by atoms with van der Waals surface area (Å²) in [6.07, 6.45) is 1.75. The number of rotatable bonds is 1. The van der Waals surface area contributed by atoms with E-state index < -0.39 is 0 Å². The van der Waals surface area contributed by atoms with Crippen LogP contribution in [-0.2, 0) is 0 Å². The Labute approximate surface area is 42.3 Å². The summed E-state index contributed by atoms with van der Waals surface area (Å²) in [5.41, 5.74) is 8.50. The number of hydrogen-bond donors (Lipinski definition) is 0. The van der Waals surface area contributed by atoms with Crippen LogP contribution in [0, 0.1) is 0 Å². The quantitative estimate of drug-likeness (QED) is 0.273. The maximum absolute atomic E-state index is 7.79. The number of azide groups is 1. The predicted molar refractivity (Wildman–Crippen MR) is 28.6 cm³/mol. The summed E-state index contributed by atoms with van der Waals surface area (Å²) in [5, 5.41) is 3.28. The minimum Gasteiger partial charge on any atom is -0.0825 e. The molecule has 0 aliphatic carbocycles. The molecule has 0 bridgehead atoms. The molecule has 0 N–H and O–H groups in total. The summed E-state index contributed by atoms with van der Waals surface area (Å²) >= 11 is 0. The van der Waals surface area contributed by atoms with Crippen molar-refractivity contribution >= 4 is 0 Å². The molecule has 0 fully saturated rings. The fourth-order valence-corrected chi connectivity index (χ4v) is 0.128. The molecule has 0 rings (SSSR count). The van der Waals surface area contributed by atoms with Gasteiger partial charge in [-0.05, 0) is 19.4 Å². The highest BCUT2D eigenvalue weighted by Gasteiger charge is 1.71. The predicted octanol–water partition coefficient (Wildman–Crippen LogP) is 2.22. The van der Waals surface area contributed by atoms with Gasteiger partial charge in [-0.1, -0.05) is 11.2 Å². The van der Waals surface area contributed by atoms with E-state index in [0.29, 0.717) is 5.70 Å². The van der Waals surface area contributed by atoms with Crippen molar-refractivity contribution in [2.45, 2.75) is 13.8 Å². The molecule has 0 aliphatic heterocycles. The molecule has 0 unspecified atom stereocenters. The molecule has 0 radical (unpaired) electrons. The van der Waals surface area contributed by atoms with E-state index in [0.717, 1.165) is 0 Å². The van der Waals surface area contributed by atoms with Crippen LogP contribution >= 0.6 is 0 Å². The third-order valence-corrected chi connectivity index (χ3v) is 0.620. The molecule has 0 aromatic rings. The zero-order valence-corrected chi connectivity index (χ0v) is 4.42. The smallest absolute Gasteiger partial charge is 0.00768 e. The standard InChI is InChI=1S/C4H7N3/c1-3-4(2)6-7-5/h3H,1-2H3/b4-3+. The highest BCUT2D eigenvalue weighted by Crippen LogP contribution is 1.90. The molecular formula is C4H7N3. The normalized spacial score (nSPS) is 10.3. The first-order valence-corrected chi connectivity index (χ1v) is 1.99. The molecule has 0 aromatic heterocycles. The Morgan fingerprint density at radius 1 is 1.86 bits per heavy atom. The SMILES string of the molecule is C/C=C(\C)N=[N+]=[N-]. The van der Waals surface area contributed by atoms with Gasteiger partial charge in [0.25, 0.3) is 0 Å². The minimum atomic E-state index is 0.711. The van der Waals surface area contributed by atoms with E-state index in [9.17, 15) is 0 Å². The molecule has 0 heterocycles. The second-order valence-electron chi connectivity index (χ2n) is 1.12. The van der Waals surface area contributed by atoms with Crippen molar-refractivity contribution in [3.8, 4) is 0 Å². The molecule has 0 atom stereocenters. The molecule has 0 saturated heterocycles. The average molecular weight is 97.1 g/mol. The van der Waals surface area contributed by atoms with Gasteiger partial charge < -0.3 is 0 Å². The van der Waals surface area contributed by atoms with Crippen LogP contribution in [0.4, 0.5) is 0 Å². The van der Waals surface area contributed by atoms with E-state index in [1.807, 2.05) is 6.92 Å². The lowest BCUT2D eigenvalue weighted by Gasteiger charge is -1.76. The lowest BCUT2D eigenvalue weighted by atomic mass is 10.5. The Hall–Kier alpha value is -0.950. The largest absolute Gasteiger partial charge is 0.0825 e. The summed E-state index contributed by atoms with van der Waals surface area (Å²) in [4.78, 5) is 2.56. The van der Waals surface area contributed by atoms with E-state index in [2.05, 4.69) is 10.0 Å². The van der Waals surface area contributed by atoms with Gasteiger partial charge in [0.15, 0.2) is 0 Å².